The van der Waals surface area contributed by atoms with E-state index in [-0.39, 0.29) is 5.54 Å². The summed E-state index contributed by atoms with van der Waals surface area (Å²) in [5, 5.41) is 0. The second kappa shape index (κ2) is 6.86. The maximum atomic E-state index is 2.67. The van der Waals surface area contributed by atoms with Gasteiger partial charge in [-0.3, -0.25) is 0 Å². The van der Waals surface area contributed by atoms with Crippen molar-refractivity contribution in [2.24, 2.45) is 0 Å². The van der Waals surface area contributed by atoms with Gasteiger partial charge >= 0.3 is 0 Å². The van der Waals surface area contributed by atoms with Gasteiger partial charge in [-0.1, -0.05) is 90.5 Å². The molecule has 0 saturated heterocycles. The van der Waals surface area contributed by atoms with Gasteiger partial charge in [0.1, 0.15) is 5.54 Å². The average Bonchev–Trinajstić information content (AvgIpc) is 3.13. The molecule has 33 heavy (non-hydrogen) atoms. The molecule has 3 aromatic carbocycles. The highest BCUT2D eigenvalue weighted by molar-refractivity contribution is 5.82. The zero-order valence-corrected chi connectivity index (χ0v) is 18.8. The van der Waals surface area contributed by atoms with E-state index in [0.717, 1.165) is 13.1 Å². The summed E-state index contributed by atoms with van der Waals surface area (Å²) in [6, 6.07) is 27.2. The van der Waals surface area contributed by atoms with Gasteiger partial charge in [0, 0.05) is 24.0 Å². The van der Waals surface area contributed by atoms with Gasteiger partial charge < -0.3 is 9.80 Å². The maximum Gasteiger partial charge on any atom is 0.109 e. The molecule has 4 aliphatic rings. The van der Waals surface area contributed by atoms with Gasteiger partial charge in [0.25, 0.3) is 0 Å². The van der Waals surface area contributed by atoms with Gasteiger partial charge in [0.05, 0.1) is 12.6 Å². The lowest BCUT2D eigenvalue weighted by Crippen LogP contribution is -2.54. The Bertz CT molecular complexity index is 1390. The van der Waals surface area contributed by atoms with E-state index in [1.54, 1.807) is 0 Å². The first-order chi connectivity index (χ1) is 16.3. The molecule has 0 amide bonds. The number of nitrogens with zero attached hydrogens (tertiary/aromatic N) is 2. The third kappa shape index (κ3) is 2.55. The minimum Gasteiger partial charge on any atom is -0.364 e. The lowest BCUT2D eigenvalue weighted by Gasteiger charge is -2.51. The van der Waals surface area contributed by atoms with Gasteiger partial charge in [-0.05, 0) is 53.0 Å². The Kier molecular flexibility index (Phi) is 3.90. The Labute approximate surface area is 195 Å². The predicted octanol–water partition coefficient (Wildman–Crippen LogP) is 6.65. The summed E-state index contributed by atoms with van der Waals surface area (Å²) >= 11 is 0. The second-order valence-electron chi connectivity index (χ2n) is 9.57. The molecular weight excluding hydrogens is 400 g/mol. The van der Waals surface area contributed by atoms with E-state index in [9.17, 15) is 0 Å². The highest BCUT2D eigenvalue weighted by Gasteiger charge is 2.53. The van der Waals surface area contributed by atoms with Gasteiger partial charge in [0.2, 0.25) is 0 Å². The number of hydrogen-bond acceptors (Lipinski definition) is 2. The Morgan fingerprint density at radius 3 is 2.58 bits per heavy atom. The van der Waals surface area contributed by atoms with E-state index in [1.807, 2.05) is 0 Å². The van der Waals surface area contributed by atoms with Crippen molar-refractivity contribution in [3.05, 3.63) is 137 Å². The van der Waals surface area contributed by atoms with E-state index < -0.39 is 0 Å². The molecular formula is C31H26N2. The fourth-order valence-corrected chi connectivity index (χ4v) is 6.25. The smallest absolute Gasteiger partial charge is 0.109 e. The van der Waals surface area contributed by atoms with Crippen molar-refractivity contribution in [1.29, 1.82) is 0 Å². The fraction of sp³-hybridized carbons (Fsp3) is 0.161. The van der Waals surface area contributed by atoms with Crippen molar-refractivity contribution < 1.29 is 0 Å². The van der Waals surface area contributed by atoms with E-state index in [1.165, 1.54) is 44.7 Å². The molecule has 2 atom stereocenters. The van der Waals surface area contributed by atoms with Crippen molar-refractivity contribution in [1.82, 2.24) is 9.80 Å². The molecule has 0 saturated carbocycles. The van der Waals surface area contributed by atoms with Crippen LogP contribution in [0.15, 0.2) is 115 Å². The average molecular weight is 427 g/mol. The molecule has 1 spiro atoms. The summed E-state index contributed by atoms with van der Waals surface area (Å²) in [4.78, 5) is 5.19. The summed E-state index contributed by atoms with van der Waals surface area (Å²) in [6.45, 7) is 4.14. The number of allylic oxidation sites excluding steroid dienone is 4. The van der Waals surface area contributed by atoms with Crippen LogP contribution < -0.4 is 0 Å². The number of hydrogen-bond donors (Lipinski definition) is 0. The Hall–Kier alpha value is -3.78. The zero-order chi connectivity index (χ0) is 22.0. The minimum atomic E-state index is -0.200. The van der Waals surface area contributed by atoms with Crippen LogP contribution in [0.5, 0.6) is 0 Å². The van der Waals surface area contributed by atoms with Crippen LogP contribution in [0, 0.1) is 0 Å². The fourth-order valence-electron chi connectivity index (χ4n) is 6.25. The van der Waals surface area contributed by atoms with Gasteiger partial charge in [0.15, 0.2) is 0 Å². The highest BCUT2D eigenvalue weighted by atomic mass is 15.3. The third-order valence-electron chi connectivity index (χ3n) is 7.71. The lowest BCUT2D eigenvalue weighted by atomic mass is 9.74. The van der Waals surface area contributed by atoms with E-state index in [2.05, 4.69) is 126 Å². The standard InChI is InChI=1S/C31H26N2/c1-22-14-17-30-26-19-24(23-9-3-2-4-10-23)15-16-28(26)31(33(30)20-22)21-32-18-8-7-13-29(32)25-11-5-6-12-27(25)31/h2-19,29H,20-21H2,1H3/t29?,31-/m0/s1. The first kappa shape index (κ1) is 18.8. The van der Waals surface area contributed by atoms with Crippen LogP contribution in [-0.2, 0) is 5.54 Å². The summed E-state index contributed by atoms with van der Waals surface area (Å²) < 4.78 is 0. The first-order valence-electron chi connectivity index (χ1n) is 11.8. The summed E-state index contributed by atoms with van der Waals surface area (Å²) in [5.41, 5.74) is 10.7. The molecule has 0 radical (unpaired) electrons. The van der Waals surface area contributed by atoms with Crippen LogP contribution in [0.3, 0.4) is 0 Å². The van der Waals surface area contributed by atoms with Crippen molar-refractivity contribution in [3.63, 3.8) is 0 Å². The number of rotatable bonds is 1. The Morgan fingerprint density at radius 1 is 0.818 bits per heavy atom. The van der Waals surface area contributed by atoms with Gasteiger partial charge in [-0.15, -0.1) is 0 Å². The zero-order valence-electron chi connectivity index (χ0n) is 18.8. The molecule has 0 N–H and O–H groups in total. The van der Waals surface area contributed by atoms with Gasteiger partial charge in [-0.2, -0.15) is 0 Å². The van der Waals surface area contributed by atoms with Crippen LogP contribution in [0.25, 0.3) is 16.8 Å². The van der Waals surface area contributed by atoms with Crippen LogP contribution in [0.4, 0.5) is 0 Å². The van der Waals surface area contributed by atoms with Crippen molar-refractivity contribution >= 4 is 5.70 Å². The first-order valence-corrected chi connectivity index (χ1v) is 11.8. The van der Waals surface area contributed by atoms with Crippen molar-refractivity contribution in [2.45, 2.75) is 18.5 Å². The van der Waals surface area contributed by atoms with Crippen LogP contribution in [-0.4, -0.2) is 22.9 Å². The largest absolute Gasteiger partial charge is 0.364 e. The quantitative estimate of drug-likeness (QED) is 0.430. The molecule has 0 fully saturated rings. The monoisotopic (exact) mass is 426 g/mol. The summed E-state index contributed by atoms with van der Waals surface area (Å²) in [5.74, 6) is 0. The molecule has 2 nitrogen and oxygen atoms in total. The molecule has 3 aromatic rings. The SMILES string of the molecule is CC1=CC=C2c3cc(-c4ccccc4)ccc3[C@@]3(CN4C=CC=CC4c4ccccc43)N2C1. The van der Waals surface area contributed by atoms with E-state index in [4.69, 9.17) is 0 Å². The second-order valence-corrected chi connectivity index (χ2v) is 9.57. The molecule has 1 unspecified atom stereocenters. The van der Waals surface area contributed by atoms with Crippen molar-refractivity contribution in [2.75, 3.05) is 13.1 Å². The molecule has 2 heteroatoms. The molecule has 0 bridgehead atoms. The van der Waals surface area contributed by atoms with Crippen LogP contribution in [0.2, 0.25) is 0 Å². The van der Waals surface area contributed by atoms with Crippen molar-refractivity contribution in [3.8, 4) is 11.1 Å². The van der Waals surface area contributed by atoms with Crippen LogP contribution in [0.1, 0.15) is 35.2 Å². The minimum absolute atomic E-state index is 0.200. The van der Waals surface area contributed by atoms with E-state index in [0.29, 0.717) is 6.04 Å². The predicted molar refractivity (Wildman–Crippen MR) is 135 cm³/mol. The maximum absolute atomic E-state index is 2.67. The Morgan fingerprint density at radius 2 is 1.67 bits per heavy atom. The normalized spacial score (nSPS) is 24.1. The topological polar surface area (TPSA) is 6.48 Å². The lowest BCUT2D eigenvalue weighted by molar-refractivity contribution is 0.134. The van der Waals surface area contributed by atoms with Gasteiger partial charge in [-0.25, -0.2) is 0 Å². The molecule has 4 heterocycles. The summed E-state index contributed by atoms with van der Waals surface area (Å²) in [7, 11) is 0. The summed E-state index contributed by atoms with van der Waals surface area (Å²) in [6.07, 6.45) is 13.6. The molecule has 0 aliphatic carbocycles. The molecule has 0 aromatic heterocycles. The van der Waals surface area contributed by atoms with Crippen LogP contribution >= 0.6 is 0 Å². The molecule has 4 aliphatic heterocycles. The van der Waals surface area contributed by atoms with E-state index >= 15 is 0 Å². The molecule has 7 rings (SSSR count). The number of benzene rings is 3. The Balaban J connectivity index is 1.51. The molecule has 160 valence electrons. The number of fused-ring (bicyclic) bond motifs is 9. The highest BCUT2D eigenvalue weighted by Crippen LogP contribution is 2.56. The third-order valence-corrected chi connectivity index (χ3v) is 7.71.